The van der Waals surface area contributed by atoms with Crippen LogP contribution in [0.15, 0.2) is 18.9 Å². The molecular formula is C8H10ClN3. The van der Waals surface area contributed by atoms with Crippen molar-refractivity contribution in [1.82, 2.24) is 4.98 Å². The van der Waals surface area contributed by atoms with Gasteiger partial charge in [-0.2, -0.15) is 0 Å². The van der Waals surface area contributed by atoms with Crippen LogP contribution in [0.4, 0.5) is 11.4 Å². The van der Waals surface area contributed by atoms with Gasteiger partial charge >= 0.3 is 0 Å². The Kier molecular flexibility index (Phi) is 2.55. The molecule has 4 N–H and O–H groups in total. The number of allylic oxidation sites excluding steroid dienone is 1. The molecule has 0 radical (unpaired) electrons. The zero-order valence-electron chi connectivity index (χ0n) is 6.55. The lowest BCUT2D eigenvalue weighted by Crippen LogP contribution is -2.01. The minimum Gasteiger partial charge on any atom is -0.397 e. The first-order valence-electron chi connectivity index (χ1n) is 3.46. The van der Waals surface area contributed by atoms with Gasteiger partial charge in [0.05, 0.1) is 11.4 Å². The molecule has 0 aliphatic heterocycles. The molecule has 1 rings (SSSR count). The summed E-state index contributed by atoms with van der Waals surface area (Å²) in [7, 11) is 0. The van der Waals surface area contributed by atoms with Gasteiger partial charge in [-0.3, -0.25) is 0 Å². The highest BCUT2D eigenvalue weighted by Crippen LogP contribution is 2.25. The van der Waals surface area contributed by atoms with Crippen LogP contribution in [0, 0.1) is 0 Å². The fourth-order valence-corrected chi connectivity index (χ4v) is 1.03. The number of pyridine rings is 1. The van der Waals surface area contributed by atoms with Crippen molar-refractivity contribution in [2.75, 3.05) is 11.5 Å². The standard InChI is InChI=1S/C8H10ClN3/c1-2-3-5-4-12-8(9)7(11)6(5)10/h2,4H,1,3,11H2,(H2,10,12). The molecule has 0 aliphatic rings. The smallest absolute Gasteiger partial charge is 0.154 e. The van der Waals surface area contributed by atoms with Crippen LogP contribution in [0.2, 0.25) is 5.15 Å². The first kappa shape index (κ1) is 8.87. The summed E-state index contributed by atoms with van der Waals surface area (Å²) in [6.07, 6.45) is 4.00. The van der Waals surface area contributed by atoms with Crippen LogP contribution in [0.1, 0.15) is 5.56 Å². The summed E-state index contributed by atoms with van der Waals surface area (Å²) in [4.78, 5) is 3.87. The van der Waals surface area contributed by atoms with Crippen molar-refractivity contribution in [3.63, 3.8) is 0 Å². The molecule has 3 nitrogen and oxygen atoms in total. The van der Waals surface area contributed by atoms with Crippen LogP contribution in [-0.2, 0) is 6.42 Å². The van der Waals surface area contributed by atoms with Gasteiger partial charge in [-0.1, -0.05) is 17.7 Å². The van der Waals surface area contributed by atoms with Crippen LogP contribution in [0.25, 0.3) is 0 Å². The second-order valence-corrected chi connectivity index (χ2v) is 2.75. The molecule has 0 amide bonds. The van der Waals surface area contributed by atoms with E-state index in [9.17, 15) is 0 Å². The van der Waals surface area contributed by atoms with Gasteiger partial charge in [0.25, 0.3) is 0 Å². The molecule has 4 heteroatoms. The van der Waals surface area contributed by atoms with E-state index in [4.69, 9.17) is 23.1 Å². The van der Waals surface area contributed by atoms with Crippen molar-refractivity contribution < 1.29 is 0 Å². The first-order chi connectivity index (χ1) is 5.66. The van der Waals surface area contributed by atoms with Crippen molar-refractivity contribution in [3.05, 3.63) is 29.6 Å². The molecule has 1 aromatic rings. The van der Waals surface area contributed by atoms with E-state index in [1.807, 2.05) is 0 Å². The summed E-state index contributed by atoms with van der Waals surface area (Å²) in [6, 6.07) is 0. The Morgan fingerprint density at radius 2 is 2.17 bits per heavy atom. The average Bonchev–Trinajstić information content (AvgIpc) is 2.07. The molecular weight excluding hydrogens is 174 g/mol. The highest BCUT2D eigenvalue weighted by molar-refractivity contribution is 6.32. The molecule has 1 heterocycles. The zero-order chi connectivity index (χ0) is 9.14. The highest BCUT2D eigenvalue weighted by Gasteiger charge is 2.05. The molecule has 0 unspecified atom stereocenters. The SMILES string of the molecule is C=CCc1cnc(Cl)c(N)c1N. The quantitative estimate of drug-likeness (QED) is 0.541. The molecule has 0 fully saturated rings. The Hall–Kier alpha value is -1.22. The van der Waals surface area contributed by atoms with Gasteiger partial charge < -0.3 is 11.5 Å². The zero-order valence-corrected chi connectivity index (χ0v) is 7.30. The Morgan fingerprint density at radius 3 is 2.75 bits per heavy atom. The van der Waals surface area contributed by atoms with Gasteiger partial charge in [0.15, 0.2) is 5.15 Å². The maximum atomic E-state index is 5.67. The van der Waals surface area contributed by atoms with Gasteiger partial charge in [0.1, 0.15) is 0 Å². The van der Waals surface area contributed by atoms with E-state index in [1.165, 1.54) is 0 Å². The molecule has 0 aliphatic carbocycles. The number of nitrogen functional groups attached to an aromatic ring is 2. The molecule has 0 saturated heterocycles. The van der Waals surface area contributed by atoms with E-state index in [1.54, 1.807) is 12.3 Å². The number of aromatic nitrogens is 1. The van der Waals surface area contributed by atoms with E-state index in [0.29, 0.717) is 17.8 Å². The van der Waals surface area contributed by atoms with Gasteiger partial charge in [0, 0.05) is 6.20 Å². The molecule has 0 atom stereocenters. The Labute approximate surface area is 76.0 Å². The van der Waals surface area contributed by atoms with Crippen LogP contribution in [0.5, 0.6) is 0 Å². The third-order valence-electron chi connectivity index (χ3n) is 1.56. The molecule has 0 aromatic carbocycles. The lowest BCUT2D eigenvalue weighted by Gasteiger charge is -2.06. The maximum Gasteiger partial charge on any atom is 0.154 e. The lowest BCUT2D eigenvalue weighted by atomic mass is 10.1. The molecule has 64 valence electrons. The molecule has 0 saturated carbocycles. The minimum absolute atomic E-state index is 0.250. The van der Waals surface area contributed by atoms with Crippen molar-refractivity contribution in [2.45, 2.75) is 6.42 Å². The van der Waals surface area contributed by atoms with E-state index in [2.05, 4.69) is 11.6 Å². The fraction of sp³-hybridized carbons (Fsp3) is 0.125. The van der Waals surface area contributed by atoms with Gasteiger partial charge in [-0.25, -0.2) is 4.98 Å². The second kappa shape index (κ2) is 3.45. The second-order valence-electron chi connectivity index (χ2n) is 2.39. The molecule has 12 heavy (non-hydrogen) atoms. The minimum atomic E-state index is 0.250. The number of anilines is 2. The number of halogens is 1. The average molecular weight is 184 g/mol. The molecule has 1 aromatic heterocycles. The highest BCUT2D eigenvalue weighted by atomic mass is 35.5. The van der Waals surface area contributed by atoms with Crippen LogP contribution in [-0.4, -0.2) is 4.98 Å². The van der Waals surface area contributed by atoms with E-state index in [-0.39, 0.29) is 5.15 Å². The summed E-state index contributed by atoms with van der Waals surface area (Å²) in [5.41, 5.74) is 12.9. The molecule has 0 bridgehead atoms. The summed E-state index contributed by atoms with van der Waals surface area (Å²) in [6.45, 7) is 3.59. The van der Waals surface area contributed by atoms with Crippen molar-refractivity contribution >= 4 is 23.0 Å². The number of nitrogens with zero attached hydrogens (tertiary/aromatic N) is 1. The Morgan fingerprint density at radius 1 is 1.50 bits per heavy atom. The third kappa shape index (κ3) is 1.51. The van der Waals surface area contributed by atoms with Crippen molar-refractivity contribution in [1.29, 1.82) is 0 Å². The van der Waals surface area contributed by atoms with Crippen molar-refractivity contribution in [2.24, 2.45) is 0 Å². The number of rotatable bonds is 2. The van der Waals surface area contributed by atoms with E-state index in [0.717, 1.165) is 5.56 Å². The maximum absolute atomic E-state index is 5.67. The number of hydrogen-bond acceptors (Lipinski definition) is 3. The van der Waals surface area contributed by atoms with E-state index >= 15 is 0 Å². The fourth-order valence-electron chi connectivity index (χ4n) is 0.876. The van der Waals surface area contributed by atoms with Gasteiger partial charge in [-0.15, -0.1) is 6.58 Å². The summed E-state index contributed by atoms with van der Waals surface area (Å²) in [5.74, 6) is 0. The van der Waals surface area contributed by atoms with Crippen LogP contribution in [0.3, 0.4) is 0 Å². The van der Waals surface area contributed by atoms with Crippen LogP contribution >= 0.6 is 11.6 Å². The normalized spacial score (nSPS) is 9.75. The predicted octanol–water partition coefficient (Wildman–Crippen LogP) is 1.63. The molecule has 0 spiro atoms. The first-order valence-corrected chi connectivity index (χ1v) is 3.83. The monoisotopic (exact) mass is 183 g/mol. The largest absolute Gasteiger partial charge is 0.397 e. The number of hydrogen-bond donors (Lipinski definition) is 2. The Bertz CT molecular complexity index is 309. The summed E-state index contributed by atoms with van der Waals surface area (Å²) < 4.78 is 0. The lowest BCUT2D eigenvalue weighted by molar-refractivity contribution is 1.20. The predicted molar refractivity (Wildman–Crippen MR) is 52.0 cm³/mol. The van der Waals surface area contributed by atoms with Crippen LogP contribution < -0.4 is 11.5 Å². The Balaban J connectivity index is 3.16. The summed E-state index contributed by atoms with van der Waals surface area (Å²) in [5, 5.41) is 0.250. The topological polar surface area (TPSA) is 64.9 Å². The van der Waals surface area contributed by atoms with Gasteiger partial charge in [0.2, 0.25) is 0 Å². The third-order valence-corrected chi connectivity index (χ3v) is 1.86. The number of nitrogens with two attached hydrogens (primary N) is 2. The summed E-state index contributed by atoms with van der Waals surface area (Å²) >= 11 is 5.64. The van der Waals surface area contributed by atoms with E-state index < -0.39 is 0 Å². The van der Waals surface area contributed by atoms with Crippen molar-refractivity contribution in [3.8, 4) is 0 Å². The van der Waals surface area contributed by atoms with Gasteiger partial charge in [-0.05, 0) is 12.0 Å².